The number of pyridine rings is 1. The summed E-state index contributed by atoms with van der Waals surface area (Å²) in [7, 11) is 0. The summed E-state index contributed by atoms with van der Waals surface area (Å²) in [4.78, 5) is 16.5. The molecule has 2 rings (SSSR count). The van der Waals surface area contributed by atoms with Gasteiger partial charge in [0, 0.05) is 11.3 Å². The van der Waals surface area contributed by atoms with E-state index in [1.54, 1.807) is 12.1 Å². The Morgan fingerprint density at radius 2 is 2.20 bits per heavy atom. The monoisotopic (exact) mass is 292 g/mol. The molecule has 1 amide bonds. The largest absolute Gasteiger partial charge is 0.308 e. The first kappa shape index (κ1) is 14.4. The molecule has 2 heterocycles. The van der Waals surface area contributed by atoms with E-state index in [1.807, 2.05) is 13.8 Å². The molecular formula is C12H16N6OS. The number of aryl methyl sites for hydroxylation is 2. The first-order valence-corrected chi connectivity index (χ1v) is 7.03. The van der Waals surface area contributed by atoms with Gasteiger partial charge in [-0.25, -0.2) is 10.8 Å². The zero-order valence-corrected chi connectivity index (χ0v) is 12.1. The Morgan fingerprint density at radius 1 is 1.40 bits per heavy atom. The van der Waals surface area contributed by atoms with Crippen molar-refractivity contribution in [1.29, 1.82) is 0 Å². The van der Waals surface area contributed by atoms with Crippen molar-refractivity contribution in [2.75, 3.05) is 10.7 Å². The predicted molar refractivity (Wildman–Crippen MR) is 78.6 cm³/mol. The Hall–Kier alpha value is -2.06. The van der Waals surface area contributed by atoms with Gasteiger partial charge in [-0.05, 0) is 25.5 Å². The van der Waals surface area contributed by atoms with Crippen LogP contribution < -0.4 is 16.6 Å². The number of aromatic nitrogens is 3. The molecule has 0 unspecified atom stereocenters. The zero-order chi connectivity index (χ0) is 14.5. The summed E-state index contributed by atoms with van der Waals surface area (Å²) in [5.41, 5.74) is 3.78. The van der Waals surface area contributed by atoms with Crippen molar-refractivity contribution in [2.24, 2.45) is 5.84 Å². The van der Waals surface area contributed by atoms with Gasteiger partial charge in [0.2, 0.25) is 5.13 Å². The van der Waals surface area contributed by atoms with E-state index in [0.29, 0.717) is 16.5 Å². The second-order valence-corrected chi connectivity index (χ2v) is 5.39. The quantitative estimate of drug-likeness (QED) is 0.572. The molecule has 2 aromatic heterocycles. The fourth-order valence-electron chi connectivity index (χ4n) is 1.69. The van der Waals surface area contributed by atoms with Crippen molar-refractivity contribution in [3.05, 3.63) is 28.4 Å². The molecule has 0 saturated heterocycles. The Balaban J connectivity index is 2.21. The zero-order valence-electron chi connectivity index (χ0n) is 11.3. The van der Waals surface area contributed by atoms with Crippen LogP contribution in [0.3, 0.4) is 0 Å². The van der Waals surface area contributed by atoms with E-state index in [2.05, 4.69) is 25.9 Å². The lowest BCUT2D eigenvalue weighted by atomic mass is 10.1. The second kappa shape index (κ2) is 6.40. The molecule has 0 radical (unpaired) electrons. The van der Waals surface area contributed by atoms with Crippen LogP contribution in [0.2, 0.25) is 0 Å². The van der Waals surface area contributed by atoms with Crippen molar-refractivity contribution in [2.45, 2.75) is 26.7 Å². The number of carbonyl (C=O) groups excluding carboxylic acids is 1. The molecule has 4 N–H and O–H groups in total. The van der Waals surface area contributed by atoms with E-state index in [9.17, 15) is 4.79 Å². The number of nitrogen functional groups attached to an aromatic ring is 1. The highest BCUT2D eigenvalue weighted by Crippen LogP contribution is 2.17. The van der Waals surface area contributed by atoms with Crippen LogP contribution in [0, 0.1) is 6.92 Å². The minimum atomic E-state index is -0.252. The number of anilines is 2. The van der Waals surface area contributed by atoms with Gasteiger partial charge < -0.3 is 5.43 Å². The van der Waals surface area contributed by atoms with Crippen molar-refractivity contribution in [1.82, 2.24) is 15.2 Å². The van der Waals surface area contributed by atoms with E-state index in [4.69, 9.17) is 5.84 Å². The SMILES string of the molecule is CCCc1cc(C(=O)Nc2nnc(C)s2)cc(NN)n1. The molecule has 0 aliphatic rings. The molecule has 0 spiro atoms. The number of rotatable bonds is 5. The highest BCUT2D eigenvalue weighted by Gasteiger charge is 2.12. The highest BCUT2D eigenvalue weighted by molar-refractivity contribution is 7.15. The third kappa shape index (κ3) is 3.49. The summed E-state index contributed by atoms with van der Waals surface area (Å²) in [5.74, 6) is 5.59. The number of amides is 1. The van der Waals surface area contributed by atoms with Gasteiger partial charge >= 0.3 is 0 Å². The van der Waals surface area contributed by atoms with Crippen LogP contribution in [0.15, 0.2) is 12.1 Å². The molecule has 0 atom stereocenters. The molecule has 0 aromatic carbocycles. The first-order chi connectivity index (χ1) is 9.62. The van der Waals surface area contributed by atoms with Crippen molar-refractivity contribution in [3.8, 4) is 0 Å². The maximum Gasteiger partial charge on any atom is 0.257 e. The lowest BCUT2D eigenvalue weighted by Gasteiger charge is -2.07. The predicted octanol–water partition coefficient (Wildman–Crippen LogP) is 1.73. The van der Waals surface area contributed by atoms with Crippen LogP contribution in [-0.4, -0.2) is 21.1 Å². The van der Waals surface area contributed by atoms with Gasteiger partial charge in [-0.15, -0.1) is 10.2 Å². The summed E-state index contributed by atoms with van der Waals surface area (Å²) >= 11 is 1.33. The summed E-state index contributed by atoms with van der Waals surface area (Å²) in [6.07, 6.45) is 1.73. The van der Waals surface area contributed by atoms with Gasteiger partial charge in [-0.2, -0.15) is 0 Å². The maximum absolute atomic E-state index is 12.2. The van der Waals surface area contributed by atoms with Crippen molar-refractivity contribution >= 4 is 28.2 Å². The molecule has 0 saturated carbocycles. The van der Waals surface area contributed by atoms with Crippen LogP contribution in [0.25, 0.3) is 0 Å². The van der Waals surface area contributed by atoms with Gasteiger partial charge in [0.05, 0.1) is 0 Å². The molecule has 20 heavy (non-hydrogen) atoms. The minimum absolute atomic E-state index is 0.252. The van der Waals surface area contributed by atoms with Gasteiger partial charge in [-0.3, -0.25) is 10.1 Å². The maximum atomic E-state index is 12.2. The number of hydrogen-bond donors (Lipinski definition) is 3. The van der Waals surface area contributed by atoms with E-state index in [1.165, 1.54) is 11.3 Å². The number of carbonyl (C=O) groups is 1. The van der Waals surface area contributed by atoms with Crippen LogP contribution in [0.5, 0.6) is 0 Å². The van der Waals surface area contributed by atoms with Gasteiger partial charge in [0.15, 0.2) is 0 Å². The number of hydrogen-bond acceptors (Lipinski definition) is 7. The summed E-state index contributed by atoms with van der Waals surface area (Å²) in [5, 5.41) is 11.7. The van der Waals surface area contributed by atoms with E-state index in [0.717, 1.165) is 23.5 Å². The second-order valence-electron chi connectivity index (χ2n) is 4.21. The highest BCUT2D eigenvalue weighted by atomic mass is 32.1. The smallest absolute Gasteiger partial charge is 0.257 e. The molecule has 7 nitrogen and oxygen atoms in total. The number of nitrogens with zero attached hydrogens (tertiary/aromatic N) is 3. The van der Waals surface area contributed by atoms with Crippen LogP contribution >= 0.6 is 11.3 Å². The summed E-state index contributed by atoms with van der Waals surface area (Å²) < 4.78 is 0. The third-order valence-electron chi connectivity index (χ3n) is 2.54. The Bertz CT molecular complexity index is 612. The Kier molecular flexibility index (Phi) is 4.59. The van der Waals surface area contributed by atoms with Gasteiger partial charge in [-0.1, -0.05) is 24.7 Å². The Labute approximate surface area is 120 Å². The number of nitrogens with one attached hydrogen (secondary N) is 2. The molecule has 0 aliphatic heterocycles. The Morgan fingerprint density at radius 3 is 2.80 bits per heavy atom. The molecule has 0 fully saturated rings. The third-order valence-corrected chi connectivity index (χ3v) is 3.30. The molecule has 106 valence electrons. The standard InChI is InChI=1S/C12H16N6OS/c1-3-4-9-5-8(6-10(14-9)16-13)11(19)15-12-18-17-7(2)20-12/h5-6H,3-4,13H2,1-2H3,(H,14,16)(H,15,18,19). The van der Waals surface area contributed by atoms with Crippen LogP contribution in [-0.2, 0) is 6.42 Å². The van der Waals surface area contributed by atoms with Crippen molar-refractivity contribution in [3.63, 3.8) is 0 Å². The number of hydrazine groups is 1. The first-order valence-electron chi connectivity index (χ1n) is 6.21. The van der Waals surface area contributed by atoms with Crippen LogP contribution in [0.4, 0.5) is 10.9 Å². The summed E-state index contributed by atoms with van der Waals surface area (Å²) in [6, 6.07) is 3.36. The molecule has 0 aliphatic carbocycles. The summed E-state index contributed by atoms with van der Waals surface area (Å²) in [6.45, 7) is 3.88. The lowest BCUT2D eigenvalue weighted by Crippen LogP contribution is -2.15. The normalized spacial score (nSPS) is 10.3. The molecule has 0 bridgehead atoms. The molecule has 8 heteroatoms. The number of nitrogens with two attached hydrogens (primary N) is 1. The lowest BCUT2D eigenvalue weighted by molar-refractivity contribution is 0.102. The topological polar surface area (TPSA) is 106 Å². The average molecular weight is 292 g/mol. The minimum Gasteiger partial charge on any atom is -0.308 e. The molecular weight excluding hydrogens is 276 g/mol. The fourth-order valence-corrected chi connectivity index (χ4v) is 2.28. The van der Waals surface area contributed by atoms with E-state index < -0.39 is 0 Å². The van der Waals surface area contributed by atoms with E-state index >= 15 is 0 Å². The average Bonchev–Trinajstić information content (AvgIpc) is 2.84. The van der Waals surface area contributed by atoms with Gasteiger partial charge in [0.1, 0.15) is 10.8 Å². The van der Waals surface area contributed by atoms with Gasteiger partial charge in [0.25, 0.3) is 5.91 Å². The van der Waals surface area contributed by atoms with Crippen molar-refractivity contribution < 1.29 is 4.79 Å². The van der Waals surface area contributed by atoms with Crippen LogP contribution in [0.1, 0.15) is 34.4 Å². The van der Waals surface area contributed by atoms with E-state index in [-0.39, 0.29) is 5.91 Å². The fraction of sp³-hybridized carbons (Fsp3) is 0.333. The molecule has 2 aromatic rings.